The lowest BCUT2D eigenvalue weighted by Crippen LogP contribution is -2.16. The summed E-state index contributed by atoms with van der Waals surface area (Å²) in [6, 6.07) is 3.35. The molecular formula is C13H16N4O2S. The Hall–Kier alpha value is -2.15. The van der Waals surface area contributed by atoms with Gasteiger partial charge in [-0.25, -0.2) is 8.42 Å². The number of aryl methyl sites for hydroxylation is 1. The Morgan fingerprint density at radius 3 is 2.70 bits per heavy atom. The molecule has 2 rings (SSSR count). The van der Waals surface area contributed by atoms with Gasteiger partial charge in [-0.2, -0.15) is 0 Å². The van der Waals surface area contributed by atoms with E-state index in [1.807, 2.05) is 13.8 Å². The predicted molar refractivity (Wildman–Crippen MR) is 78.2 cm³/mol. The molecule has 2 aromatic heterocycles. The van der Waals surface area contributed by atoms with E-state index in [1.165, 1.54) is 12.4 Å². The van der Waals surface area contributed by atoms with Crippen LogP contribution in [-0.4, -0.2) is 24.9 Å². The van der Waals surface area contributed by atoms with Crippen molar-refractivity contribution in [3.05, 3.63) is 42.5 Å². The third-order valence-corrected chi connectivity index (χ3v) is 3.98. The third-order valence-electron chi connectivity index (χ3n) is 2.57. The number of sulfonamides is 1. The van der Waals surface area contributed by atoms with Gasteiger partial charge in [-0.3, -0.25) is 14.7 Å². The molecule has 0 spiro atoms. The fraction of sp³-hybridized carbons (Fsp3) is 0.231. The topological polar surface area (TPSA) is 84.0 Å². The zero-order valence-electron chi connectivity index (χ0n) is 11.3. The molecule has 6 nitrogen and oxygen atoms in total. The number of nitrogens with zero attached hydrogens (tertiary/aromatic N) is 2. The minimum atomic E-state index is -3.70. The molecule has 0 saturated carbocycles. The SMILES string of the molecule is CCNc1ccncc1S(=O)(=O)Nc1cncc(C)c1. The molecule has 0 saturated heterocycles. The average molecular weight is 292 g/mol. The van der Waals surface area contributed by atoms with E-state index in [-0.39, 0.29) is 4.90 Å². The highest BCUT2D eigenvalue weighted by atomic mass is 32.2. The summed E-state index contributed by atoms with van der Waals surface area (Å²) in [4.78, 5) is 7.96. The fourth-order valence-electron chi connectivity index (χ4n) is 1.75. The largest absolute Gasteiger partial charge is 0.384 e. The molecule has 0 aliphatic carbocycles. The molecule has 106 valence electrons. The quantitative estimate of drug-likeness (QED) is 0.880. The summed E-state index contributed by atoms with van der Waals surface area (Å²) in [5, 5.41) is 3.00. The lowest BCUT2D eigenvalue weighted by molar-refractivity contribution is 0.601. The summed E-state index contributed by atoms with van der Waals surface area (Å²) >= 11 is 0. The van der Waals surface area contributed by atoms with Crippen LogP contribution < -0.4 is 10.0 Å². The lowest BCUT2D eigenvalue weighted by Gasteiger charge is -2.12. The molecular weight excluding hydrogens is 276 g/mol. The number of pyridine rings is 2. The number of nitrogens with one attached hydrogen (secondary N) is 2. The van der Waals surface area contributed by atoms with Gasteiger partial charge in [0.05, 0.1) is 17.6 Å². The molecule has 0 amide bonds. The van der Waals surface area contributed by atoms with Crippen LogP contribution in [0.3, 0.4) is 0 Å². The second kappa shape index (κ2) is 5.87. The van der Waals surface area contributed by atoms with E-state index in [0.717, 1.165) is 5.56 Å². The summed E-state index contributed by atoms with van der Waals surface area (Å²) in [6.45, 7) is 4.37. The second-order valence-electron chi connectivity index (χ2n) is 4.26. The van der Waals surface area contributed by atoms with Gasteiger partial charge in [0.1, 0.15) is 4.90 Å². The number of anilines is 2. The highest BCUT2D eigenvalue weighted by molar-refractivity contribution is 7.92. The molecule has 20 heavy (non-hydrogen) atoms. The van der Waals surface area contributed by atoms with Crippen LogP contribution in [0.25, 0.3) is 0 Å². The summed E-state index contributed by atoms with van der Waals surface area (Å²) in [5.41, 5.74) is 1.83. The fourth-order valence-corrected chi connectivity index (χ4v) is 2.91. The monoisotopic (exact) mass is 292 g/mol. The van der Waals surface area contributed by atoms with Gasteiger partial charge in [0, 0.05) is 25.1 Å². The van der Waals surface area contributed by atoms with Crippen molar-refractivity contribution in [2.75, 3.05) is 16.6 Å². The van der Waals surface area contributed by atoms with Crippen LogP contribution in [-0.2, 0) is 10.0 Å². The molecule has 2 heterocycles. The van der Waals surface area contributed by atoms with Crippen molar-refractivity contribution >= 4 is 21.4 Å². The molecule has 0 bridgehead atoms. The Labute approximate surface area is 118 Å². The van der Waals surface area contributed by atoms with Gasteiger partial charge in [0.2, 0.25) is 0 Å². The van der Waals surface area contributed by atoms with Crippen LogP contribution in [0.4, 0.5) is 11.4 Å². The molecule has 0 aliphatic rings. The molecule has 0 aliphatic heterocycles. The summed E-state index contributed by atoms with van der Waals surface area (Å²) in [5.74, 6) is 0. The first-order valence-electron chi connectivity index (χ1n) is 6.15. The maximum Gasteiger partial charge on any atom is 0.265 e. The van der Waals surface area contributed by atoms with Gasteiger partial charge in [0.25, 0.3) is 10.0 Å². The van der Waals surface area contributed by atoms with Gasteiger partial charge < -0.3 is 5.32 Å². The maximum absolute atomic E-state index is 12.4. The molecule has 0 aromatic carbocycles. The number of rotatable bonds is 5. The van der Waals surface area contributed by atoms with Crippen molar-refractivity contribution in [1.29, 1.82) is 0 Å². The van der Waals surface area contributed by atoms with Crippen molar-refractivity contribution in [1.82, 2.24) is 9.97 Å². The van der Waals surface area contributed by atoms with Crippen LogP contribution in [0, 0.1) is 6.92 Å². The molecule has 0 radical (unpaired) electrons. The Balaban J connectivity index is 2.36. The van der Waals surface area contributed by atoms with Gasteiger partial charge in [-0.15, -0.1) is 0 Å². The number of aromatic nitrogens is 2. The van der Waals surface area contributed by atoms with Gasteiger partial charge in [-0.05, 0) is 31.5 Å². The first-order chi connectivity index (χ1) is 9.53. The van der Waals surface area contributed by atoms with Crippen molar-refractivity contribution in [2.24, 2.45) is 0 Å². The van der Waals surface area contributed by atoms with E-state index in [9.17, 15) is 8.42 Å². The molecule has 7 heteroatoms. The second-order valence-corrected chi connectivity index (χ2v) is 5.91. The first-order valence-corrected chi connectivity index (χ1v) is 7.63. The normalized spacial score (nSPS) is 11.1. The molecule has 0 fully saturated rings. The van der Waals surface area contributed by atoms with Gasteiger partial charge in [-0.1, -0.05) is 0 Å². The van der Waals surface area contributed by atoms with Crippen LogP contribution in [0.15, 0.2) is 41.8 Å². The number of hydrogen-bond donors (Lipinski definition) is 2. The summed E-state index contributed by atoms with van der Waals surface area (Å²) < 4.78 is 27.3. The van der Waals surface area contributed by atoms with E-state index in [2.05, 4.69) is 20.0 Å². The Kier molecular flexibility index (Phi) is 4.19. The van der Waals surface area contributed by atoms with Crippen molar-refractivity contribution in [2.45, 2.75) is 18.7 Å². The van der Waals surface area contributed by atoms with E-state index in [1.54, 1.807) is 24.5 Å². The smallest absolute Gasteiger partial charge is 0.265 e. The van der Waals surface area contributed by atoms with Crippen LogP contribution in [0.1, 0.15) is 12.5 Å². The van der Waals surface area contributed by atoms with E-state index in [0.29, 0.717) is 17.9 Å². The first kappa shape index (κ1) is 14.3. The maximum atomic E-state index is 12.4. The Morgan fingerprint density at radius 1 is 1.20 bits per heavy atom. The number of hydrogen-bond acceptors (Lipinski definition) is 5. The summed E-state index contributed by atoms with van der Waals surface area (Å²) in [6.07, 6.45) is 5.99. The third kappa shape index (κ3) is 3.24. The van der Waals surface area contributed by atoms with Crippen molar-refractivity contribution in [3.63, 3.8) is 0 Å². The van der Waals surface area contributed by atoms with Gasteiger partial charge >= 0.3 is 0 Å². The van der Waals surface area contributed by atoms with Crippen LogP contribution in [0.5, 0.6) is 0 Å². The lowest BCUT2D eigenvalue weighted by atomic mass is 10.3. The molecule has 2 N–H and O–H groups in total. The zero-order valence-corrected chi connectivity index (χ0v) is 12.1. The average Bonchev–Trinajstić information content (AvgIpc) is 2.39. The van der Waals surface area contributed by atoms with E-state index < -0.39 is 10.0 Å². The Morgan fingerprint density at radius 2 is 2.00 bits per heavy atom. The van der Waals surface area contributed by atoms with Crippen LogP contribution in [0.2, 0.25) is 0 Å². The standard InChI is InChI=1S/C13H16N4O2S/c1-3-16-12-4-5-14-9-13(12)20(18,19)17-11-6-10(2)7-15-8-11/h4-9,17H,3H2,1-2H3,(H,14,16). The van der Waals surface area contributed by atoms with E-state index in [4.69, 9.17) is 0 Å². The Bertz CT molecular complexity index is 701. The highest BCUT2D eigenvalue weighted by Crippen LogP contribution is 2.22. The highest BCUT2D eigenvalue weighted by Gasteiger charge is 2.18. The summed E-state index contributed by atoms with van der Waals surface area (Å²) in [7, 11) is -3.70. The van der Waals surface area contributed by atoms with Gasteiger partial charge in [0.15, 0.2) is 0 Å². The van der Waals surface area contributed by atoms with Crippen molar-refractivity contribution < 1.29 is 8.42 Å². The van der Waals surface area contributed by atoms with E-state index >= 15 is 0 Å². The van der Waals surface area contributed by atoms with Crippen molar-refractivity contribution in [3.8, 4) is 0 Å². The molecule has 0 unspecified atom stereocenters. The molecule has 0 atom stereocenters. The molecule has 2 aromatic rings. The zero-order chi connectivity index (χ0) is 14.6. The predicted octanol–water partition coefficient (Wildman–Crippen LogP) is 2.02. The minimum Gasteiger partial charge on any atom is -0.384 e. The minimum absolute atomic E-state index is 0.114. The van der Waals surface area contributed by atoms with Crippen LogP contribution >= 0.6 is 0 Å².